The number of aliphatic hydroxyl groups is 5. The van der Waals surface area contributed by atoms with E-state index in [2.05, 4.69) is 55.6 Å². The third kappa shape index (κ3) is 47.0. The minimum atomic E-state index is -1.58. The van der Waals surface area contributed by atoms with Crippen molar-refractivity contribution in [2.75, 3.05) is 19.8 Å². The Morgan fingerprint density at radius 3 is 1.27 bits per heavy atom. The van der Waals surface area contributed by atoms with E-state index < -0.39 is 49.5 Å². The summed E-state index contributed by atoms with van der Waals surface area (Å²) in [6.45, 7) is 4.30. The van der Waals surface area contributed by atoms with Crippen LogP contribution in [-0.4, -0.2) is 100 Å². The Balaban J connectivity index is 2.01. The molecule has 7 atom stereocenters. The summed E-state index contributed by atoms with van der Waals surface area (Å²) in [5.41, 5.74) is 0. The average Bonchev–Trinajstić information content (AvgIpc) is 3.46. The smallest absolute Gasteiger partial charge is 0.305 e. The van der Waals surface area contributed by atoms with Crippen molar-refractivity contribution in [2.24, 2.45) is 0 Å². The first-order valence-corrected chi connectivity index (χ1v) is 33.9. The molecule has 0 aromatic carbocycles. The summed E-state index contributed by atoms with van der Waals surface area (Å²) in [7, 11) is 0. The maximum absolute atomic E-state index is 13.1. The van der Waals surface area contributed by atoms with Gasteiger partial charge in [-0.1, -0.05) is 262 Å². The molecule has 1 aliphatic heterocycles. The quantitative estimate of drug-likeness (QED) is 0.0195. The zero-order valence-corrected chi connectivity index (χ0v) is 51.8. The van der Waals surface area contributed by atoms with Crippen LogP contribution < -0.4 is 5.32 Å². The third-order valence-electron chi connectivity index (χ3n) is 15.9. The fraction of sp³-hybridized carbons (Fsp3) is 0.855. The second-order valence-electron chi connectivity index (χ2n) is 23.5. The van der Waals surface area contributed by atoms with Gasteiger partial charge in [0.25, 0.3) is 0 Å². The molecule has 0 aliphatic carbocycles. The highest BCUT2D eigenvalue weighted by atomic mass is 16.7. The molecule has 0 spiro atoms. The standard InChI is InChI=1S/C69H127NO10/c1-3-5-7-9-11-13-15-32-36-39-43-47-51-55-62(72)61(60-79-69-68(77)67(76)66(75)63(59-71)80-69)70-64(73)56-52-48-44-40-37-33-30-28-26-24-22-20-18-16-17-19-21-23-25-27-29-31-34-38-42-46-50-54-58-78-65(74)57-53-49-45-41-35-14-12-10-8-6-4-2/h10,12,16-17,36,39,51,55,61-63,66-69,71-72,75-77H,3-9,11,13-15,18-35,37-38,40-50,52-54,56-60H2,1-2H3,(H,70,73)/b12-10-,17-16-,39-36+,55-51+. The molecule has 0 saturated carbocycles. The van der Waals surface area contributed by atoms with Crippen molar-refractivity contribution in [1.29, 1.82) is 0 Å². The van der Waals surface area contributed by atoms with E-state index in [0.717, 1.165) is 57.8 Å². The summed E-state index contributed by atoms with van der Waals surface area (Å²) < 4.78 is 16.7. The monoisotopic (exact) mass is 1130 g/mol. The highest BCUT2D eigenvalue weighted by Gasteiger charge is 2.44. The van der Waals surface area contributed by atoms with Crippen LogP contribution >= 0.6 is 0 Å². The van der Waals surface area contributed by atoms with Crippen LogP contribution in [0.3, 0.4) is 0 Å². The van der Waals surface area contributed by atoms with Crippen molar-refractivity contribution in [3.05, 3.63) is 48.6 Å². The van der Waals surface area contributed by atoms with E-state index in [1.165, 1.54) is 231 Å². The first kappa shape index (κ1) is 75.6. The Labute approximate surface area is 491 Å². The predicted molar refractivity (Wildman–Crippen MR) is 334 cm³/mol. The number of hydrogen-bond donors (Lipinski definition) is 6. The lowest BCUT2D eigenvalue weighted by molar-refractivity contribution is -0.302. The van der Waals surface area contributed by atoms with E-state index in [1.807, 2.05) is 6.08 Å². The lowest BCUT2D eigenvalue weighted by Gasteiger charge is -2.40. The second-order valence-corrected chi connectivity index (χ2v) is 23.5. The lowest BCUT2D eigenvalue weighted by atomic mass is 9.99. The molecule has 1 aliphatic rings. The summed E-state index contributed by atoms with van der Waals surface area (Å²) in [6, 6.07) is -0.828. The molecule has 0 aromatic heterocycles. The summed E-state index contributed by atoms with van der Waals surface area (Å²) in [5.74, 6) is -0.196. The summed E-state index contributed by atoms with van der Waals surface area (Å²) in [6.07, 6.45) is 65.2. The zero-order valence-electron chi connectivity index (χ0n) is 51.8. The molecule has 11 heteroatoms. The maximum atomic E-state index is 13.1. The van der Waals surface area contributed by atoms with Crippen LogP contribution in [-0.2, 0) is 23.8 Å². The Hall–Kier alpha value is -2.38. The van der Waals surface area contributed by atoms with Crippen molar-refractivity contribution in [3.63, 3.8) is 0 Å². The van der Waals surface area contributed by atoms with Gasteiger partial charge in [-0.05, 0) is 89.9 Å². The van der Waals surface area contributed by atoms with Gasteiger partial charge in [0.15, 0.2) is 6.29 Å². The first-order chi connectivity index (χ1) is 39.2. The normalized spacial score (nSPS) is 18.6. The molecule has 1 rings (SSSR count). The molecular weight excluding hydrogens is 1000 g/mol. The molecule has 1 amide bonds. The van der Waals surface area contributed by atoms with Crippen molar-refractivity contribution in [1.82, 2.24) is 5.32 Å². The number of hydrogen-bond acceptors (Lipinski definition) is 10. The Morgan fingerprint density at radius 2 is 0.825 bits per heavy atom. The van der Waals surface area contributed by atoms with E-state index in [4.69, 9.17) is 14.2 Å². The molecule has 1 saturated heterocycles. The number of nitrogens with one attached hydrogen (secondary N) is 1. The van der Waals surface area contributed by atoms with Crippen LogP contribution in [0.1, 0.15) is 316 Å². The topological polar surface area (TPSA) is 175 Å². The molecule has 1 heterocycles. The van der Waals surface area contributed by atoms with Gasteiger partial charge in [0, 0.05) is 12.8 Å². The molecule has 0 aromatic rings. The van der Waals surface area contributed by atoms with Gasteiger partial charge >= 0.3 is 5.97 Å². The summed E-state index contributed by atoms with van der Waals surface area (Å²) in [5, 5.41) is 54.4. The molecular formula is C69H127NO10. The number of carbonyl (C=O) groups excluding carboxylic acids is 2. The maximum Gasteiger partial charge on any atom is 0.305 e. The third-order valence-corrected chi connectivity index (χ3v) is 15.9. The Kier molecular flexibility index (Phi) is 55.2. The largest absolute Gasteiger partial charge is 0.466 e. The van der Waals surface area contributed by atoms with Crippen molar-refractivity contribution < 1.29 is 49.3 Å². The minimum absolute atomic E-state index is 0.00488. The van der Waals surface area contributed by atoms with Gasteiger partial charge in [0.1, 0.15) is 24.4 Å². The fourth-order valence-electron chi connectivity index (χ4n) is 10.5. The number of allylic oxidation sites excluding steroid dienone is 7. The van der Waals surface area contributed by atoms with Crippen LogP contribution in [0.5, 0.6) is 0 Å². The van der Waals surface area contributed by atoms with Crippen LogP contribution in [0.15, 0.2) is 48.6 Å². The molecule has 80 heavy (non-hydrogen) atoms. The Bertz CT molecular complexity index is 1470. The first-order valence-electron chi connectivity index (χ1n) is 33.9. The molecule has 0 radical (unpaired) electrons. The average molecular weight is 1130 g/mol. The number of rotatable bonds is 59. The van der Waals surface area contributed by atoms with Gasteiger partial charge < -0.3 is 45.1 Å². The van der Waals surface area contributed by atoms with E-state index in [1.54, 1.807) is 6.08 Å². The van der Waals surface area contributed by atoms with Gasteiger partial charge in [0.05, 0.1) is 32.0 Å². The van der Waals surface area contributed by atoms with Gasteiger partial charge in [-0.25, -0.2) is 0 Å². The number of unbranched alkanes of at least 4 members (excludes halogenated alkanes) is 39. The van der Waals surface area contributed by atoms with E-state index in [9.17, 15) is 35.1 Å². The number of carbonyl (C=O) groups is 2. The molecule has 468 valence electrons. The lowest BCUT2D eigenvalue weighted by Crippen LogP contribution is -2.60. The van der Waals surface area contributed by atoms with Crippen LogP contribution in [0.2, 0.25) is 0 Å². The van der Waals surface area contributed by atoms with Gasteiger partial charge in [-0.15, -0.1) is 0 Å². The second kappa shape index (κ2) is 58.4. The van der Waals surface area contributed by atoms with Gasteiger partial charge in [-0.2, -0.15) is 0 Å². The SMILES string of the molecule is CCCC/C=C\CCCCCCCC(=O)OCCCCCCCCCCCCCC/C=C\CCCCCCCCCCCCCCC(=O)NC(COC1OC(CO)C(O)C(O)C1O)C(O)/C=C/CC/C=C/CCCCCCCCC. The number of amides is 1. The number of esters is 1. The zero-order chi connectivity index (χ0) is 58.0. The predicted octanol–water partition coefficient (Wildman–Crippen LogP) is 16.8. The molecule has 1 fully saturated rings. The summed E-state index contributed by atoms with van der Waals surface area (Å²) >= 11 is 0. The highest BCUT2D eigenvalue weighted by molar-refractivity contribution is 5.76. The molecule has 11 nitrogen and oxygen atoms in total. The Morgan fingerprint density at radius 1 is 0.450 bits per heavy atom. The minimum Gasteiger partial charge on any atom is -0.466 e. The van der Waals surface area contributed by atoms with Crippen LogP contribution in [0.25, 0.3) is 0 Å². The van der Waals surface area contributed by atoms with Crippen molar-refractivity contribution in [2.45, 2.75) is 358 Å². The fourth-order valence-corrected chi connectivity index (χ4v) is 10.5. The van der Waals surface area contributed by atoms with Crippen molar-refractivity contribution >= 4 is 11.9 Å². The van der Waals surface area contributed by atoms with E-state index >= 15 is 0 Å². The van der Waals surface area contributed by atoms with Crippen LogP contribution in [0, 0.1) is 0 Å². The summed E-state index contributed by atoms with van der Waals surface area (Å²) in [4.78, 5) is 25.1. The van der Waals surface area contributed by atoms with E-state index in [0.29, 0.717) is 19.4 Å². The molecule has 7 unspecified atom stereocenters. The number of ether oxygens (including phenoxy) is 3. The highest BCUT2D eigenvalue weighted by Crippen LogP contribution is 2.23. The van der Waals surface area contributed by atoms with E-state index in [-0.39, 0.29) is 18.5 Å². The molecule has 0 bridgehead atoms. The van der Waals surface area contributed by atoms with Crippen molar-refractivity contribution in [3.8, 4) is 0 Å². The number of aliphatic hydroxyl groups excluding tert-OH is 5. The van der Waals surface area contributed by atoms with Gasteiger partial charge in [0.2, 0.25) is 5.91 Å². The molecule has 6 N–H and O–H groups in total. The van der Waals surface area contributed by atoms with Crippen LogP contribution in [0.4, 0.5) is 0 Å². The van der Waals surface area contributed by atoms with Gasteiger partial charge in [-0.3, -0.25) is 9.59 Å².